The Hall–Kier alpha value is -3.41. The highest BCUT2D eigenvalue weighted by Gasteiger charge is 2.45. The van der Waals surface area contributed by atoms with E-state index >= 15 is 0 Å². The maximum atomic E-state index is 13.6. The zero-order valence-electron chi connectivity index (χ0n) is 19.9. The van der Waals surface area contributed by atoms with E-state index in [1.807, 2.05) is 0 Å². The summed E-state index contributed by atoms with van der Waals surface area (Å²) in [6.07, 6.45) is -4.75. The monoisotopic (exact) mass is 529 g/mol. The number of anilines is 2. The van der Waals surface area contributed by atoms with Crippen molar-refractivity contribution in [3.63, 3.8) is 0 Å². The van der Waals surface area contributed by atoms with Crippen LogP contribution in [-0.4, -0.2) is 72.9 Å². The fraction of sp³-hybridized carbons (Fsp3) is 0.391. The molecule has 13 heteroatoms. The molecular formula is C23H24ClF4N5O3. The quantitative estimate of drug-likeness (QED) is 0.531. The first-order valence-electron chi connectivity index (χ1n) is 10.8. The number of likely N-dealkylation sites (N-methyl/N-ethyl adjacent to an activating group) is 1. The lowest BCUT2D eigenvalue weighted by molar-refractivity contribution is -0.137. The maximum Gasteiger partial charge on any atom is 0.416 e. The van der Waals surface area contributed by atoms with Gasteiger partial charge >= 0.3 is 12.2 Å². The summed E-state index contributed by atoms with van der Waals surface area (Å²) in [4.78, 5) is 47.5. The van der Waals surface area contributed by atoms with Crippen molar-refractivity contribution < 1.29 is 31.9 Å². The van der Waals surface area contributed by atoms with Gasteiger partial charge in [-0.15, -0.1) is 0 Å². The van der Waals surface area contributed by atoms with Crippen molar-refractivity contribution in [1.82, 2.24) is 14.8 Å². The number of hydrogen-bond donors (Lipinski definition) is 0. The fourth-order valence-corrected chi connectivity index (χ4v) is 3.90. The molecule has 1 aliphatic heterocycles. The normalized spacial score (nSPS) is 15.9. The molecule has 4 amide bonds. The number of urea groups is 1. The maximum absolute atomic E-state index is 13.6. The van der Waals surface area contributed by atoms with Crippen LogP contribution in [0.4, 0.5) is 33.9 Å². The molecule has 3 rings (SSSR count). The standard InChI is InChI=1S/C23H24ClF4N5O3/c1-13-9-14(23(26,27)28)10-19(29-13)33-18(12-32(22(33)36)8-7-20(34)30(2)3)21(35)31(4)15-5-6-17(25)16(24)11-15/h5-6,9-11,18H,7-8,12H2,1-4H3/t18-/m0/s1. The number of aryl methyl sites for hydroxylation is 1. The second kappa shape index (κ2) is 10.3. The van der Waals surface area contributed by atoms with E-state index in [9.17, 15) is 31.9 Å². The molecule has 1 saturated heterocycles. The van der Waals surface area contributed by atoms with Gasteiger partial charge in [-0.1, -0.05) is 11.6 Å². The zero-order valence-corrected chi connectivity index (χ0v) is 20.7. The third kappa shape index (κ3) is 5.69. The second-order valence-corrected chi connectivity index (χ2v) is 8.91. The predicted molar refractivity (Wildman–Crippen MR) is 125 cm³/mol. The van der Waals surface area contributed by atoms with Crippen LogP contribution in [0, 0.1) is 12.7 Å². The lowest BCUT2D eigenvalue weighted by Gasteiger charge is -2.27. The molecule has 0 bridgehead atoms. The number of hydrogen-bond acceptors (Lipinski definition) is 4. The van der Waals surface area contributed by atoms with Gasteiger partial charge in [0.1, 0.15) is 17.7 Å². The highest BCUT2D eigenvalue weighted by Crippen LogP contribution is 2.34. The van der Waals surface area contributed by atoms with Gasteiger partial charge in [-0.05, 0) is 37.3 Å². The summed E-state index contributed by atoms with van der Waals surface area (Å²) in [6.45, 7) is 1.09. The third-order valence-corrected chi connectivity index (χ3v) is 5.99. The lowest BCUT2D eigenvalue weighted by atomic mass is 10.1. The van der Waals surface area contributed by atoms with E-state index in [1.54, 1.807) is 14.1 Å². The van der Waals surface area contributed by atoms with Gasteiger partial charge in [0.15, 0.2) is 0 Å². The highest BCUT2D eigenvalue weighted by atomic mass is 35.5. The molecule has 1 aliphatic rings. The van der Waals surface area contributed by atoms with E-state index in [-0.39, 0.29) is 47.6 Å². The van der Waals surface area contributed by atoms with Crippen molar-refractivity contribution in [3.8, 4) is 0 Å². The molecule has 1 aromatic heterocycles. The Bertz CT molecular complexity index is 1190. The Morgan fingerprint density at radius 2 is 1.83 bits per heavy atom. The van der Waals surface area contributed by atoms with Gasteiger partial charge in [-0.3, -0.25) is 14.5 Å². The van der Waals surface area contributed by atoms with Crippen LogP contribution in [0.5, 0.6) is 0 Å². The number of amides is 4. The number of benzene rings is 1. The largest absolute Gasteiger partial charge is 0.416 e. The molecule has 1 aromatic carbocycles. The van der Waals surface area contributed by atoms with Gasteiger partial charge in [-0.2, -0.15) is 13.2 Å². The number of nitrogens with zero attached hydrogens (tertiary/aromatic N) is 5. The first kappa shape index (κ1) is 27.2. The molecule has 1 fully saturated rings. The van der Waals surface area contributed by atoms with Gasteiger partial charge in [0.25, 0.3) is 5.91 Å². The van der Waals surface area contributed by atoms with E-state index in [1.165, 1.54) is 35.9 Å². The summed E-state index contributed by atoms with van der Waals surface area (Å²) in [5, 5.41) is -0.231. The van der Waals surface area contributed by atoms with Gasteiger partial charge in [0, 0.05) is 45.5 Å². The molecule has 0 radical (unpaired) electrons. The molecular weight excluding hydrogens is 506 g/mol. The molecule has 0 unspecified atom stereocenters. The van der Waals surface area contributed by atoms with Gasteiger partial charge in [0.2, 0.25) is 5.91 Å². The number of carbonyl (C=O) groups excluding carboxylic acids is 3. The molecule has 2 aromatic rings. The highest BCUT2D eigenvalue weighted by molar-refractivity contribution is 6.31. The minimum atomic E-state index is -4.70. The van der Waals surface area contributed by atoms with Crippen LogP contribution < -0.4 is 9.80 Å². The molecule has 0 spiro atoms. The van der Waals surface area contributed by atoms with Crippen LogP contribution in [0.3, 0.4) is 0 Å². The van der Waals surface area contributed by atoms with Crippen molar-refractivity contribution >= 4 is 41.0 Å². The van der Waals surface area contributed by atoms with Crippen LogP contribution in [-0.2, 0) is 15.8 Å². The van der Waals surface area contributed by atoms with Crippen molar-refractivity contribution in [1.29, 1.82) is 0 Å². The van der Waals surface area contributed by atoms with E-state index in [4.69, 9.17) is 11.6 Å². The van der Waals surface area contributed by atoms with Crippen molar-refractivity contribution in [3.05, 3.63) is 52.4 Å². The Morgan fingerprint density at radius 1 is 1.17 bits per heavy atom. The number of alkyl halides is 3. The Kier molecular flexibility index (Phi) is 7.77. The molecule has 0 saturated carbocycles. The first-order chi connectivity index (χ1) is 16.7. The predicted octanol–water partition coefficient (Wildman–Crippen LogP) is 3.95. The summed E-state index contributed by atoms with van der Waals surface area (Å²) < 4.78 is 54.0. The molecule has 36 heavy (non-hydrogen) atoms. The third-order valence-electron chi connectivity index (χ3n) is 5.70. The van der Waals surface area contributed by atoms with E-state index < -0.39 is 35.5 Å². The average molecular weight is 530 g/mol. The SMILES string of the molecule is Cc1cc(C(F)(F)F)cc(N2C(=O)N(CCC(=O)N(C)C)C[C@H]2C(=O)N(C)c2ccc(F)c(Cl)c2)n1. The van der Waals surface area contributed by atoms with Crippen LogP contribution in [0.1, 0.15) is 17.7 Å². The Morgan fingerprint density at radius 3 is 2.42 bits per heavy atom. The molecule has 0 aliphatic carbocycles. The molecule has 194 valence electrons. The van der Waals surface area contributed by atoms with E-state index in [2.05, 4.69) is 4.98 Å². The number of rotatable bonds is 6. The average Bonchev–Trinajstić information content (AvgIpc) is 3.13. The smallest absolute Gasteiger partial charge is 0.349 e. The van der Waals surface area contributed by atoms with Crippen molar-refractivity contribution in [2.24, 2.45) is 0 Å². The second-order valence-electron chi connectivity index (χ2n) is 8.50. The topological polar surface area (TPSA) is 77.1 Å². The zero-order chi connectivity index (χ0) is 26.9. The van der Waals surface area contributed by atoms with Crippen molar-refractivity contribution in [2.75, 3.05) is 44.0 Å². The van der Waals surface area contributed by atoms with E-state index in [0.717, 1.165) is 21.9 Å². The van der Waals surface area contributed by atoms with Crippen LogP contribution in [0.25, 0.3) is 0 Å². The first-order valence-corrected chi connectivity index (χ1v) is 11.1. The lowest BCUT2D eigenvalue weighted by Crippen LogP contribution is -2.47. The molecule has 0 N–H and O–H groups in total. The van der Waals surface area contributed by atoms with E-state index in [0.29, 0.717) is 6.07 Å². The summed E-state index contributed by atoms with van der Waals surface area (Å²) in [7, 11) is 4.47. The minimum Gasteiger partial charge on any atom is -0.349 e. The minimum absolute atomic E-state index is 0.00118. The van der Waals surface area contributed by atoms with Crippen LogP contribution >= 0.6 is 11.6 Å². The number of pyridine rings is 1. The number of carbonyl (C=O) groups is 3. The Balaban J connectivity index is 2.01. The summed E-state index contributed by atoms with van der Waals surface area (Å²) in [5.74, 6) is -1.98. The number of aromatic nitrogens is 1. The van der Waals surface area contributed by atoms with Gasteiger partial charge in [-0.25, -0.2) is 14.2 Å². The fourth-order valence-electron chi connectivity index (χ4n) is 3.72. The number of halogens is 5. The summed E-state index contributed by atoms with van der Waals surface area (Å²) in [6, 6.07) is 3.09. The Labute approximate surface area is 210 Å². The van der Waals surface area contributed by atoms with Gasteiger partial charge in [0.05, 0.1) is 17.1 Å². The van der Waals surface area contributed by atoms with Gasteiger partial charge < -0.3 is 14.7 Å². The molecule has 1 atom stereocenters. The summed E-state index contributed by atoms with van der Waals surface area (Å²) >= 11 is 5.83. The van der Waals surface area contributed by atoms with Crippen LogP contribution in [0.2, 0.25) is 5.02 Å². The summed E-state index contributed by atoms with van der Waals surface area (Å²) in [5.41, 5.74) is -0.809. The molecule has 8 nitrogen and oxygen atoms in total. The van der Waals surface area contributed by atoms with Crippen LogP contribution in [0.15, 0.2) is 30.3 Å². The molecule has 2 heterocycles. The van der Waals surface area contributed by atoms with Crippen molar-refractivity contribution in [2.45, 2.75) is 25.6 Å².